The number of carbonyl (C=O) groups excluding carboxylic acids is 1. The Bertz CT molecular complexity index is 192. The molecule has 11 heavy (non-hydrogen) atoms. The summed E-state index contributed by atoms with van der Waals surface area (Å²) in [4.78, 5) is 10.7. The van der Waals surface area contributed by atoms with Crippen molar-refractivity contribution in [3.8, 4) is 0 Å². The molecule has 62 valence electrons. The average molecular weight is 160 g/mol. The fourth-order valence-corrected chi connectivity index (χ4v) is 0.670. The maximum atomic E-state index is 12.8. The zero-order valence-corrected chi connectivity index (χ0v) is 6.22. The Morgan fingerprint density at radius 1 is 1.73 bits per heavy atom. The molecule has 0 aliphatic carbocycles. The number of carbonyl (C=O) groups is 1. The Morgan fingerprint density at radius 2 is 2.36 bits per heavy atom. The van der Waals surface area contributed by atoms with Gasteiger partial charge in [0.1, 0.15) is 0 Å². The summed E-state index contributed by atoms with van der Waals surface area (Å²) < 4.78 is 21.9. The van der Waals surface area contributed by atoms with Gasteiger partial charge in [0, 0.05) is 5.57 Å². The molecule has 0 aromatic carbocycles. The van der Waals surface area contributed by atoms with Gasteiger partial charge in [-0.15, -0.1) is 0 Å². The third kappa shape index (κ3) is 1.77. The minimum absolute atomic E-state index is 0.195. The van der Waals surface area contributed by atoms with E-state index in [2.05, 4.69) is 9.47 Å². The van der Waals surface area contributed by atoms with Crippen LogP contribution in [0.4, 0.5) is 4.39 Å². The number of hydrogen-bond donors (Lipinski definition) is 0. The SMILES string of the molecule is CCOC(=O)C(F)=C1COC1. The van der Waals surface area contributed by atoms with Gasteiger partial charge in [0.05, 0.1) is 19.8 Å². The lowest BCUT2D eigenvalue weighted by atomic mass is 10.2. The second-order valence-corrected chi connectivity index (χ2v) is 2.13. The highest BCUT2D eigenvalue weighted by molar-refractivity contribution is 5.87. The molecule has 0 radical (unpaired) electrons. The lowest BCUT2D eigenvalue weighted by Crippen LogP contribution is -2.21. The van der Waals surface area contributed by atoms with Crippen LogP contribution in [-0.4, -0.2) is 25.8 Å². The molecule has 0 unspecified atom stereocenters. The van der Waals surface area contributed by atoms with Gasteiger partial charge in [0.15, 0.2) is 0 Å². The normalized spacial score (nSPS) is 15.6. The first-order valence-electron chi connectivity index (χ1n) is 3.38. The summed E-state index contributed by atoms with van der Waals surface area (Å²) in [7, 11) is 0. The molecule has 1 saturated heterocycles. The van der Waals surface area contributed by atoms with Gasteiger partial charge >= 0.3 is 5.97 Å². The van der Waals surface area contributed by atoms with Gasteiger partial charge in [-0.25, -0.2) is 4.79 Å². The minimum atomic E-state index is -0.884. The van der Waals surface area contributed by atoms with Crippen LogP contribution in [0.3, 0.4) is 0 Å². The number of esters is 1. The molecule has 0 aromatic heterocycles. The molecular weight excluding hydrogens is 151 g/mol. The van der Waals surface area contributed by atoms with Crippen LogP contribution in [0.2, 0.25) is 0 Å². The molecule has 1 aliphatic rings. The molecule has 0 N–H and O–H groups in total. The fourth-order valence-electron chi connectivity index (χ4n) is 0.670. The zero-order valence-electron chi connectivity index (χ0n) is 6.22. The van der Waals surface area contributed by atoms with E-state index in [-0.39, 0.29) is 19.8 Å². The number of hydrogen-bond acceptors (Lipinski definition) is 3. The monoisotopic (exact) mass is 160 g/mol. The van der Waals surface area contributed by atoms with E-state index in [1.807, 2.05) is 0 Å². The van der Waals surface area contributed by atoms with Crippen molar-refractivity contribution < 1.29 is 18.7 Å². The Balaban J connectivity index is 2.51. The largest absolute Gasteiger partial charge is 0.461 e. The van der Waals surface area contributed by atoms with E-state index in [9.17, 15) is 9.18 Å². The van der Waals surface area contributed by atoms with Crippen LogP contribution in [0.5, 0.6) is 0 Å². The van der Waals surface area contributed by atoms with Crippen molar-refractivity contribution in [2.45, 2.75) is 6.92 Å². The van der Waals surface area contributed by atoms with E-state index < -0.39 is 11.8 Å². The second-order valence-electron chi connectivity index (χ2n) is 2.13. The zero-order chi connectivity index (χ0) is 8.27. The van der Waals surface area contributed by atoms with Gasteiger partial charge in [-0.3, -0.25) is 0 Å². The van der Waals surface area contributed by atoms with Crippen LogP contribution in [0.25, 0.3) is 0 Å². The number of ether oxygens (including phenoxy) is 2. The molecule has 0 amide bonds. The molecule has 1 aliphatic heterocycles. The smallest absolute Gasteiger partial charge is 0.367 e. The van der Waals surface area contributed by atoms with Crippen molar-refractivity contribution in [2.24, 2.45) is 0 Å². The maximum absolute atomic E-state index is 12.8. The lowest BCUT2D eigenvalue weighted by Gasteiger charge is -2.17. The Labute approximate surface area is 63.8 Å². The topological polar surface area (TPSA) is 35.5 Å². The summed E-state index contributed by atoms with van der Waals surface area (Å²) in [6, 6.07) is 0. The first kappa shape index (κ1) is 8.20. The molecular formula is C7H9FO3. The highest BCUT2D eigenvalue weighted by Gasteiger charge is 2.21. The predicted molar refractivity (Wildman–Crippen MR) is 35.6 cm³/mol. The molecule has 0 bridgehead atoms. The highest BCUT2D eigenvalue weighted by Crippen LogP contribution is 2.16. The number of rotatable bonds is 2. The highest BCUT2D eigenvalue weighted by atomic mass is 19.1. The molecule has 0 saturated carbocycles. The minimum Gasteiger partial charge on any atom is -0.461 e. The van der Waals surface area contributed by atoms with Crippen molar-refractivity contribution in [2.75, 3.05) is 19.8 Å². The maximum Gasteiger partial charge on any atom is 0.367 e. The van der Waals surface area contributed by atoms with Gasteiger partial charge in [0.25, 0.3) is 0 Å². The van der Waals surface area contributed by atoms with E-state index in [4.69, 9.17) is 0 Å². The van der Waals surface area contributed by atoms with Crippen molar-refractivity contribution in [1.29, 1.82) is 0 Å². The van der Waals surface area contributed by atoms with Crippen molar-refractivity contribution in [3.63, 3.8) is 0 Å². The molecule has 0 aromatic rings. The van der Waals surface area contributed by atoms with E-state index >= 15 is 0 Å². The molecule has 1 fully saturated rings. The Hall–Kier alpha value is -0.900. The first-order chi connectivity index (χ1) is 5.25. The van der Waals surface area contributed by atoms with Crippen LogP contribution in [0, 0.1) is 0 Å². The van der Waals surface area contributed by atoms with Crippen molar-refractivity contribution in [3.05, 3.63) is 11.4 Å². The number of halogens is 1. The summed E-state index contributed by atoms with van der Waals surface area (Å²) in [5.41, 5.74) is 0.392. The predicted octanol–water partition coefficient (Wildman–Crippen LogP) is 0.803. The molecule has 0 spiro atoms. The summed E-state index contributed by atoms with van der Waals surface area (Å²) in [6.07, 6.45) is 0. The third-order valence-electron chi connectivity index (χ3n) is 1.32. The molecule has 0 atom stereocenters. The van der Waals surface area contributed by atoms with Crippen LogP contribution in [-0.2, 0) is 14.3 Å². The van der Waals surface area contributed by atoms with Crippen LogP contribution in [0.15, 0.2) is 11.4 Å². The molecule has 4 heteroatoms. The Kier molecular flexibility index (Phi) is 2.59. The average Bonchev–Trinajstić information content (AvgIpc) is 1.84. The standard InChI is InChI=1S/C7H9FO3/c1-2-11-7(9)6(8)5-3-10-4-5/h2-4H2,1H3. The van der Waals surface area contributed by atoms with Crippen molar-refractivity contribution >= 4 is 5.97 Å². The van der Waals surface area contributed by atoms with E-state index in [1.54, 1.807) is 6.92 Å². The fraction of sp³-hybridized carbons (Fsp3) is 0.571. The summed E-state index contributed by atoms with van der Waals surface area (Å²) in [5.74, 6) is -1.68. The summed E-state index contributed by atoms with van der Waals surface area (Å²) in [5, 5.41) is 0. The van der Waals surface area contributed by atoms with E-state index in [0.29, 0.717) is 5.57 Å². The molecule has 3 nitrogen and oxygen atoms in total. The Morgan fingerprint density at radius 3 is 2.73 bits per heavy atom. The van der Waals surface area contributed by atoms with Gasteiger partial charge < -0.3 is 9.47 Å². The first-order valence-corrected chi connectivity index (χ1v) is 3.38. The van der Waals surface area contributed by atoms with E-state index in [1.165, 1.54) is 0 Å². The van der Waals surface area contributed by atoms with Crippen LogP contribution in [0.1, 0.15) is 6.92 Å². The van der Waals surface area contributed by atoms with Gasteiger partial charge in [-0.1, -0.05) is 0 Å². The quantitative estimate of drug-likeness (QED) is 0.442. The second kappa shape index (κ2) is 3.48. The summed E-state index contributed by atoms with van der Waals surface area (Å²) in [6.45, 7) is 2.25. The third-order valence-corrected chi connectivity index (χ3v) is 1.32. The van der Waals surface area contributed by atoms with Gasteiger partial charge in [-0.2, -0.15) is 4.39 Å². The summed E-state index contributed by atoms with van der Waals surface area (Å²) >= 11 is 0. The van der Waals surface area contributed by atoms with Crippen LogP contribution < -0.4 is 0 Å². The van der Waals surface area contributed by atoms with Gasteiger partial charge in [0.2, 0.25) is 5.83 Å². The molecule has 1 rings (SSSR count). The van der Waals surface area contributed by atoms with Crippen molar-refractivity contribution in [1.82, 2.24) is 0 Å². The van der Waals surface area contributed by atoms with Gasteiger partial charge in [-0.05, 0) is 6.92 Å². The van der Waals surface area contributed by atoms with E-state index in [0.717, 1.165) is 0 Å². The lowest BCUT2D eigenvalue weighted by molar-refractivity contribution is -0.140. The van der Waals surface area contributed by atoms with Crippen LogP contribution >= 0.6 is 0 Å². The molecule has 1 heterocycles.